The number of carbonyl (C=O) groups is 2. The first-order valence-corrected chi connectivity index (χ1v) is 32.9. The Morgan fingerprint density at radius 2 is 0.842 bits per heavy atom. The van der Waals surface area contributed by atoms with E-state index in [0.717, 1.165) is 103 Å². The van der Waals surface area contributed by atoms with E-state index in [0.29, 0.717) is 23.9 Å². The van der Waals surface area contributed by atoms with Crippen LogP contribution in [-0.2, 0) is 27.9 Å². The SMILES string of the molecule is CC/C=C\C/C=C\C/C=C\C/C=C\C/C=C\C/C=C\CCCCCCC(=O)NC(COP(=O)(O)OCC[N+](C)(C)C)C(/C=C\CCCCCCCCCCCC)OC(=O)CCCCCCCCCCCCCCCCC. The predicted molar refractivity (Wildman–Crippen MR) is 328 cm³/mol. The number of allylic oxidation sites excluding steroid dienone is 13. The van der Waals surface area contributed by atoms with E-state index in [1.807, 2.05) is 33.3 Å². The summed E-state index contributed by atoms with van der Waals surface area (Å²) in [4.78, 5) is 37.7. The summed E-state index contributed by atoms with van der Waals surface area (Å²) in [5.74, 6) is -0.531. The lowest BCUT2D eigenvalue weighted by molar-refractivity contribution is -0.870. The highest BCUT2D eigenvalue weighted by atomic mass is 31.2. The lowest BCUT2D eigenvalue weighted by Crippen LogP contribution is -2.47. The lowest BCUT2D eigenvalue weighted by Gasteiger charge is -2.27. The highest BCUT2D eigenvalue weighted by Crippen LogP contribution is 2.43. The summed E-state index contributed by atoms with van der Waals surface area (Å²) in [6, 6.07) is -0.864. The molecule has 0 saturated carbocycles. The van der Waals surface area contributed by atoms with Crippen LogP contribution < -0.4 is 5.32 Å². The third kappa shape index (κ3) is 55.9. The van der Waals surface area contributed by atoms with Crippen LogP contribution in [0.1, 0.15) is 271 Å². The zero-order chi connectivity index (χ0) is 55.7. The van der Waals surface area contributed by atoms with Gasteiger partial charge in [-0.2, -0.15) is 0 Å². The number of quaternary nitrogens is 1. The maximum absolute atomic E-state index is 13.5. The normalized spacial score (nSPS) is 14.2. The molecule has 0 bridgehead atoms. The Balaban J connectivity index is 5.27. The highest BCUT2D eigenvalue weighted by molar-refractivity contribution is 7.47. The van der Waals surface area contributed by atoms with Gasteiger partial charge in [-0.1, -0.05) is 260 Å². The Bertz CT molecular complexity index is 1580. The molecule has 0 radical (unpaired) electrons. The van der Waals surface area contributed by atoms with Gasteiger partial charge in [-0.15, -0.1) is 0 Å². The number of nitrogens with zero attached hydrogens (tertiary/aromatic N) is 1. The molecular weight excluding hydrogens is 964 g/mol. The molecule has 0 aliphatic rings. The second-order valence-corrected chi connectivity index (χ2v) is 23.7. The molecule has 3 atom stereocenters. The van der Waals surface area contributed by atoms with Gasteiger partial charge in [0, 0.05) is 12.8 Å². The van der Waals surface area contributed by atoms with Gasteiger partial charge in [0.05, 0.1) is 33.8 Å². The number of likely N-dealkylation sites (N-methyl/N-ethyl adjacent to an activating group) is 1. The van der Waals surface area contributed by atoms with Gasteiger partial charge < -0.3 is 19.4 Å². The zero-order valence-electron chi connectivity index (χ0n) is 50.2. The topological polar surface area (TPSA) is 111 Å². The minimum Gasteiger partial charge on any atom is -0.456 e. The standard InChI is InChI=1S/C66H119N2O7P/c1-7-10-13-16-19-22-25-28-30-31-32-33-34-35-36-37-39-40-43-46-49-52-55-58-65(69)67-63(62-74-76(71,72)73-61-60-68(4,5)6)64(57-54-51-48-45-42-27-24-21-18-15-12-9-3)75-66(70)59-56-53-50-47-44-41-38-29-26-23-20-17-14-11-8-2/h10,13,19,22,28,30,32-33,35-36,39-40,54,57,63-64H,7-9,11-12,14-18,20-21,23-27,29,31,34,37-38,41-53,55-56,58-62H2,1-6H3,(H-,67,69,71,72)/p+1/b13-10-,22-19-,30-28-,33-32-,36-35-,40-39-,57-54-. The molecule has 0 aromatic carbocycles. The quantitative estimate of drug-likeness (QED) is 0.0205. The summed E-state index contributed by atoms with van der Waals surface area (Å²) in [5, 5.41) is 3.04. The number of esters is 1. The second kappa shape index (κ2) is 55.5. The van der Waals surface area contributed by atoms with Crippen LogP contribution in [0.15, 0.2) is 85.1 Å². The molecule has 0 aromatic heterocycles. The fourth-order valence-corrected chi connectivity index (χ4v) is 9.50. The molecule has 2 N–H and O–H groups in total. The smallest absolute Gasteiger partial charge is 0.456 e. The molecule has 0 spiro atoms. The van der Waals surface area contributed by atoms with E-state index >= 15 is 0 Å². The van der Waals surface area contributed by atoms with Gasteiger partial charge in [-0.05, 0) is 83.1 Å². The summed E-state index contributed by atoms with van der Waals surface area (Å²) >= 11 is 0. The molecule has 0 aliphatic heterocycles. The molecule has 9 nitrogen and oxygen atoms in total. The Labute approximate surface area is 469 Å². The van der Waals surface area contributed by atoms with Crippen molar-refractivity contribution < 1.29 is 37.3 Å². The van der Waals surface area contributed by atoms with Crippen LogP contribution in [0.4, 0.5) is 0 Å². The van der Waals surface area contributed by atoms with Crippen LogP contribution in [0, 0.1) is 0 Å². The number of amides is 1. The monoisotopic (exact) mass is 1080 g/mol. The van der Waals surface area contributed by atoms with Crippen LogP contribution in [0.25, 0.3) is 0 Å². The number of unbranched alkanes of at least 4 members (excludes halogenated alkanes) is 28. The molecule has 76 heavy (non-hydrogen) atoms. The van der Waals surface area contributed by atoms with Crippen molar-refractivity contribution >= 4 is 19.7 Å². The average Bonchev–Trinajstić information content (AvgIpc) is 3.38. The van der Waals surface area contributed by atoms with E-state index in [-0.39, 0.29) is 31.5 Å². The first-order valence-electron chi connectivity index (χ1n) is 31.4. The van der Waals surface area contributed by atoms with Crippen molar-refractivity contribution in [1.82, 2.24) is 5.32 Å². The Kier molecular flexibility index (Phi) is 53.5. The van der Waals surface area contributed by atoms with Crippen molar-refractivity contribution in [2.45, 2.75) is 283 Å². The second-order valence-electron chi connectivity index (χ2n) is 22.2. The van der Waals surface area contributed by atoms with Crippen molar-refractivity contribution in [2.24, 2.45) is 0 Å². The minimum absolute atomic E-state index is 0.0326. The fourth-order valence-electron chi connectivity index (χ4n) is 8.77. The molecule has 0 fully saturated rings. The third-order valence-corrected chi connectivity index (χ3v) is 14.6. The van der Waals surface area contributed by atoms with Crippen LogP contribution in [0.2, 0.25) is 0 Å². The van der Waals surface area contributed by atoms with Crippen molar-refractivity contribution in [3.05, 3.63) is 85.1 Å². The number of phosphoric ester groups is 1. The summed E-state index contributed by atoms with van der Waals surface area (Å²) in [7, 11) is 1.47. The number of carbonyl (C=O) groups excluding carboxylic acids is 2. The maximum Gasteiger partial charge on any atom is 0.472 e. The van der Waals surface area contributed by atoms with Gasteiger partial charge in [0.2, 0.25) is 5.91 Å². The summed E-state index contributed by atoms with van der Waals surface area (Å²) in [6.07, 6.45) is 72.9. The van der Waals surface area contributed by atoms with E-state index in [9.17, 15) is 19.0 Å². The Hall–Kier alpha value is -2.81. The van der Waals surface area contributed by atoms with Crippen LogP contribution >= 0.6 is 7.82 Å². The van der Waals surface area contributed by atoms with Crippen LogP contribution in [0.3, 0.4) is 0 Å². The molecular formula is C66H120N2O7P+. The largest absolute Gasteiger partial charge is 0.472 e. The number of nitrogens with one attached hydrogen (secondary N) is 1. The number of hydrogen-bond acceptors (Lipinski definition) is 6. The number of hydrogen-bond donors (Lipinski definition) is 2. The lowest BCUT2D eigenvalue weighted by atomic mass is 10.0. The fraction of sp³-hybridized carbons (Fsp3) is 0.758. The number of ether oxygens (including phenoxy) is 1. The molecule has 3 unspecified atom stereocenters. The minimum atomic E-state index is -4.46. The van der Waals surface area contributed by atoms with Gasteiger partial charge in [0.25, 0.3) is 0 Å². The maximum atomic E-state index is 13.5. The van der Waals surface area contributed by atoms with Gasteiger partial charge in [-0.3, -0.25) is 18.6 Å². The molecule has 440 valence electrons. The summed E-state index contributed by atoms with van der Waals surface area (Å²) < 4.78 is 30.7. The van der Waals surface area contributed by atoms with E-state index in [4.69, 9.17) is 13.8 Å². The van der Waals surface area contributed by atoms with Gasteiger partial charge in [-0.25, -0.2) is 4.57 Å². The highest BCUT2D eigenvalue weighted by Gasteiger charge is 2.30. The van der Waals surface area contributed by atoms with Crippen molar-refractivity contribution in [3.63, 3.8) is 0 Å². The van der Waals surface area contributed by atoms with Gasteiger partial charge in [0.15, 0.2) is 0 Å². The van der Waals surface area contributed by atoms with Gasteiger partial charge in [0.1, 0.15) is 19.3 Å². The van der Waals surface area contributed by atoms with E-state index in [1.165, 1.54) is 128 Å². The van der Waals surface area contributed by atoms with E-state index in [1.54, 1.807) is 0 Å². The molecule has 0 aliphatic carbocycles. The summed E-state index contributed by atoms with van der Waals surface area (Å²) in [5.41, 5.74) is 0. The van der Waals surface area contributed by atoms with Crippen LogP contribution in [-0.4, -0.2) is 74.3 Å². The Morgan fingerprint density at radius 3 is 1.26 bits per heavy atom. The molecule has 10 heteroatoms. The van der Waals surface area contributed by atoms with Crippen molar-refractivity contribution in [1.29, 1.82) is 0 Å². The molecule has 0 aromatic rings. The first-order chi connectivity index (χ1) is 36.9. The van der Waals surface area contributed by atoms with E-state index in [2.05, 4.69) is 99.0 Å². The average molecular weight is 1080 g/mol. The first kappa shape index (κ1) is 73.2. The molecule has 0 saturated heterocycles. The van der Waals surface area contributed by atoms with Crippen molar-refractivity contribution in [3.8, 4) is 0 Å². The molecule has 0 heterocycles. The Morgan fingerprint density at radius 1 is 0.474 bits per heavy atom. The van der Waals surface area contributed by atoms with Gasteiger partial charge >= 0.3 is 13.8 Å². The van der Waals surface area contributed by atoms with Crippen LogP contribution in [0.5, 0.6) is 0 Å². The molecule has 0 rings (SSSR count). The summed E-state index contributed by atoms with van der Waals surface area (Å²) in [6.45, 7) is 6.89. The number of rotatable bonds is 56. The van der Waals surface area contributed by atoms with E-state index < -0.39 is 20.0 Å². The third-order valence-electron chi connectivity index (χ3n) is 13.6. The predicted octanol–water partition coefficient (Wildman–Crippen LogP) is 19.4. The molecule has 1 amide bonds. The zero-order valence-corrected chi connectivity index (χ0v) is 51.1. The van der Waals surface area contributed by atoms with Crippen molar-refractivity contribution in [2.75, 3.05) is 40.9 Å². The number of phosphoric acid groups is 1.